The molecule has 3 fully saturated rings. The third-order valence-electron chi connectivity index (χ3n) is 9.36. The molecule has 3 aliphatic carbocycles. The summed E-state index contributed by atoms with van der Waals surface area (Å²) in [5, 5.41) is 25.7. The molecule has 5 rings (SSSR count). The third kappa shape index (κ3) is 4.41. The number of likely N-dealkylation sites (tertiary alicyclic amines) is 1. The average Bonchev–Trinajstić information content (AvgIpc) is 3.40. The standard InChI is InChI=1S/C29H37N5O8/c1-32(2)17-11-16(31-18(35)12-34-7-5-6-8-34)23(36)20-14(17)9-13-10-15-22(33(3)4)25(38)21(28(30)41)27(40)29(15,42)26(39)19(13)24(20)37/h11,13,15,19,21-22,36,42H,5-10,12H2,1-4H3,(H2,30,41)(H,31,35)/t13?,15?,19?,21?,22-,29-/m0/s1. The van der Waals surface area contributed by atoms with Gasteiger partial charge in [0.15, 0.2) is 34.7 Å². The molecule has 226 valence electrons. The number of hydrogen-bond donors (Lipinski definition) is 4. The van der Waals surface area contributed by atoms with E-state index in [1.807, 2.05) is 4.90 Å². The van der Waals surface area contributed by atoms with Crippen LogP contribution >= 0.6 is 0 Å². The Kier molecular flexibility index (Phi) is 7.48. The van der Waals surface area contributed by atoms with E-state index in [0.29, 0.717) is 11.3 Å². The predicted octanol–water partition coefficient (Wildman–Crippen LogP) is -1.03. The number of anilines is 2. The summed E-state index contributed by atoms with van der Waals surface area (Å²) >= 11 is 0. The number of rotatable bonds is 6. The molecule has 2 amide bonds. The van der Waals surface area contributed by atoms with E-state index in [0.717, 1.165) is 25.9 Å². The highest BCUT2D eigenvalue weighted by molar-refractivity contribution is 6.32. The van der Waals surface area contributed by atoms with Crippen LogP contribution in [-0.4, -0.2) is 114 Å². The van der Waals surface area contributed by atoms with Crippen molar-refractivity contribution in [1.82, 2.24) is 9.80 Å². The van der Waals surface area contributed by atoms with E-state index in [1.165, 1.54) is 19.0 Å². The van der Waals surface area contributed by atoms with Gasteiger partial charge < -0.3 is 26.2 Å². The van der Waals surface area contributed by atoms with Gasteiger partial charge >= 0.3 is 0 Å². The summed E-state index contributed by atoms with van der Waals surface area (Å²) in [7, 11) is 6.57. The molecule has 1 heterocycles. The van der Waals surface area contributed by atoms with Crippen molar-refractivity contribution < 1.29 is 39.0 Å². The second kappa shape index (κ2) is 10.5. The van der Waals surface area contributed by atoms with Gasteiger partial charge in [-0.05, 0) is 70.4 Å². The number of aromatic hydroxyl groups is 1. The molecule has 5 N–H and O–H groups in total. The Morgan fingerprint density at radius 3 is 2.31 bits per heavy atom. The second-order valence-corrected chi connectivity index (χ2v) is 12.4. The normalized spacial score (nSPS) is 31.0. The summed E-state index contributed by atoms with van der Waals surface area (Å²) in [5.41, 5.74) is 3.43. The van der Waals surface area contributed by atoms with Crippen molar-refractivity contribution in [2.75, 3.05) is 58.0 Å². The fraction of sp³-hybridized carbons (Fsp3) is 0.586. The number of aliphatic hydroxyl groups is 1. The van der Waals surface area contributed by atoms with E-state index in [-0.39, 0.29) is 36.5 Å². The van der Waals surface area contributed by atoms with Gasteiger partial charge in [0, 0.05) is 25.7 Å². The summed E-state index contributed by atoms with van der Waals surface area (Å²) in [6, 6.07) is 0.416. The SMILES string of the molecule is CN(C)c1cc(NC(=O)CN2CCCC2)c(O)c2c1CC1CC3[C@H](N(C)C)C(=O)C(C(N)=O)C(=O)[C@@]3(O)C(=O)C1C2=O. The first kappa shape index (κ1) is 29.8. The molecule has 0 bridgehead atoms. The van der Waals surface area contributed by atoms with Crippen LogP contribution in [0.2, 0.25) is 0 Å². The molecular weight excluding hydrogens is 546 g/mol. The number of likely N-dealkylation sites (N-methyl/N-ethyl adjacent to an activating group) is 1. The van der Waals surface area contributed by atoms with Crippen molar-refractivity contribution in [2.24, 2.45) is 29.4 Å². The number of nitrogens with one attached hydrogen (secondary N) is 1. The monoisotopic (exact) mass is 583 g/mol. The van der Waals surface area contributed by atoms with Crippen LogP contribution in [0.3, 0.4) is 0 Å². The quantitative estimate of drug-likeness (QED) is 0.236. The van der Waals surface area contributed by atoms with E-state index >= 15 is 0 Å². The minimum absolute atomic E-state index is 0.00842. The number of amides is 2. The van der Waals surface area contributed by atoms with Crippen molar-refractivity contribution in [3.05, 3.63) is 17.2 Å². The Labute approximate surface area is 243 Å². The molecule has 1 aromatic rings. The Morgan fingerprint density at radius 1 is 1.10 bits per heavy atom. The number of fused-ring (bicyclic) bond motifs is 3. The van der Waals surface area contributed by atoms with Gasteiger partial charge in [-0.15, -0.1) is 0 Å². The van der Waals surface area contributed by atoms with E-state index in [4.69, 9.17) is 5.73 Å². The molecule has 4 aliphatic rings. The number of primary amides is 1. The second-order valence-electron chi connectivity index (χ2n) is 12.4. The van der Waals surface area contributed by atoms with E-state index in [9.17, 15) is 39.0 Å². The molecule has 13 heteroatoms. The zero-order valence-corrected chi connectivity index (χ0v) is 24.2. The number of ketones is 4. The molecule has 0 spiro atoms. The first-order valence-electron chi connectivity index (χ1n) is 14.1. The minimum atomic E-state index is -2.79. The number of phenolic OH excluding ortho intramolecular Hbond substituents is 1. The number of Topliss-reactive ketones (excluding diaryl/α,β-unsaturated/α-hetero) is 4. The van der Waals surface area contributed by atoms with Crippen LogP contribution in [-0.2, 0) is 30.4 Å². The molecule has 1 aliphatic heterocycles. The van der Waals surface area contributed by atoms with Crippen molar-refractivity contribution in [2.45, 2.75) is 37.3 Å². The van der Waals surface area contributed by atoms with Gasteiger partial charge in [0.25, 0.3) is 0 Å². The number of nitrogens with zero attached hydrogens (tertiary/aromatic N) is 3. The number of phenols is 1. The molecule has 0 aromatic heterocycles. The van der Waals surface area contributed by atoms with Gasteiger partial charge in [0.05, 0.1) is 29.8 Å². The molecule has 42 heavy (non-hydrogen) atoms. The summed E-state index contributed by atoms with van der Waals surface area (Å²) in [5.74, 6) is -11.6. The number of carbonyl (C=O) groups excluding carboxylic acids is 6. The van der Waals surface area contributed by atoms with Gasteiger partial charge in [-0.1, -0.05) is 0 Å². The zero-order valence-electron chi connectivity index (χ0n) is 24.2. The molecule has 0 radical (unpaired) electrons. The Balaban J connectivity index is 1.57. The average molecular weight is 584 g/mol. The molecule has 6 atom stereocenters. The highest BCUT2D eigenvalue weighted by Gasteiger charge is 2.69. The molecule has 1 saturated heterocycles. The maximum atomic E-state index is 14.1. The van der Waals surface area contributed by atoms with Crippen LogP contribution in [0.5, 0.6) is 5.75 Å². The lowest BCUT2D eigenvalue weighted by molar-refractivity contribution is -0.181. The molecule has 13 nitrogen and oxygen atoms in total. The fourth-order valence-corrected chi connectivity index (χ4v) is 7.48. The number of benzene rings is 1. The molecular formula is C29H37N5O8. The fourth-order valence-electron chi connectivity index (χ4n) is 7.48. The van der Waals surface area contributed by atoms with Crippen LogP contribution in [0, 0.1) is 23.7 Å². The van der Waals surface area contributed by atoms with Crippen LogP contribution in [0.1, 0.15) is 35.2 Å². The summed E-state index contributed by atoms with van der Waals surface area (Å²) in [6.07, 6.45) is 2.08. The maximum Gasteiger partial charge on any atom is 0.238 e. The number of hydrogen-bond acceptors (Lipinski definition) is 11. The lowest BCUT2D eigenvalue weighted by Gasteiger charge is -2.52. The molecule has 2 saturated carbocycles. The first-order chi connectivity index (χ1) is 19.7. The number of carbonyl (C=O) groups is 6. The molecule has 4 unspecified atom stereocenters. The van der Waals surface area contributed by atoms with Crippen molar-refractivity contribution >= 4 is 46.3 Å². The number of nitrogens with two attached hydrogens (primary N) is 1. The maximum absolute atomic E-state index is 14.1. The van der Waals surface area contributed by atoms with E-state index in [1.54, 1.807) is 25.1 Å². The van der Waals surface area contributed by atoms with E-state index in [2.05, 4.69) is 5.32 Å². The van der Waals surface area contributed by atoms with Crippen LogP contribution in [0.15, 0.2) is 6.07 Å². The molecule has 1 aromatic carbocycles. The van der Waals surface area contributed by atoms with Crippen LogP contribution < -0.4 is 16.0 Å². The van der Waals surface area contributed by atoms with Gasteiger partial charge in [0.2, 0.25) is 11.8 Å². The first-order valence-corrected chi connectivity index (χ1v) is 14.1. The summed E-state index contributed by atoms with van der Waals surface area (Å²) in [4.78, 5) is 84.9. The lowest BCUT2D eigenvalue weighted by atomic mass is 9.52. The van der Waals surface area contributed by atoms with Crippen molar-refractivity contribution in [3.63, 3.8) is 0 Å². The van der Waals surface area contributed by atoms with Crippen LogP contribution in [0.4, 0.5) is 11.4 Å². The van der Waals surface area contributed by atoms with Gasteiger partial charge in [-0.25, -0.2) is 0 Å². The summed E-state index contributed by atoms with van der Waals surface area (Å²) in [6.45, 7) is 1.69. The van der Waals surface area contributed by atoms with Gasteiger partial charge in [-0.3, -0.25) is 38.6 Å². The highest BCUT2D eigenvalue weighted by Crippen LogP contribution is 2.52. The lowest BCUT2D eigenvalue weighted by Crippen LogP contribution is -2.74. The Morgan fingerprint density at radius 2 is 1.74 bits per heavy atom. The smallest absolute Gasteiger partial charge is 0.238 e. The van der Waals surface area contributed by atoms with Crippen molar-refractivity contribution in [1.29, 1.82) is 0 Å². The Bertz CT molecular complexity index is 1400. The van der Waals surface area contributed by atoms with Gasteiger partial charge in [0.1, 0.15) is 5.75 Å². The Hall–Kier alpha value is -3.68. The van der Waals surface area contributed by atoms with Crippen molar-refractivity contribution in [3.8, 4) is 5.75 Å². The third-order valence-corrected chi connectivity index (χ3v) is 9.36. The highest BCUT2D eigenvalue weighted by atomic mass is 16.3. The van der Waals surface area contributed by atoms with E-state index < -0.39 is 70.1 Å². The van der Waals surface area contributed by atoms with Gasteiger partial charge in [-0.2, -0.15) is 0 Å². The minimum Gasteiger partial charge on any atom is -0.505 e. The predicted molar refractivity (Wildman–Crippen MR) is 150 cm³/mol. The van der Waals surface area contributed by atoms with Crippen LogP contribution in [0.25, 0.3) is 0 Å². The largest absolute Gasteiger partial charge is 0.505 e. The topological polar surface area (TPSA) is 191 Å². The zero-order chi connectivity index (χ0) is 30.8. The summed E-state index contributed by atoms with van der Waals surface area (Å²) < 4.78 is 0.